The average Bonchev–Trinajstić information content (AvgIpc) is 3.53. The predicted molar refractivity (Wildman–Crippen MR) is 129 cm³/mol. The molecule has 0 saturated carbocycles. The van der Waals surface area contributed by atoms with E-state index in [0.29, 0.717) is 28.4 Å². The summed E-state index contributed by atoms with van der Waals surface area (Å²) in [6, 6.07) is 18.9. The van der Waals surface area contributed by atoms with Crippen LogP contribution in [-0.2, 0) is 24.3 Å². The van der Waals surface area contributed by atoms with Crippen LogP contribution in [0.25, 0.3) is 11.5 Å². The largest absolute Gasteiger partial charge is 0.463 e. The van der Waals surface area contributed by atoms with Crippen molar-refractivity contribution in [3.63, 3.8) is 0 Å². The Bertz CT molecular complexity index is 1380. The number of carbonyl (C=O) groups is 2. The molecule has 0 aliphatic carbocycles. The predicted octanol–water partition coefficient (Wildman–Crippen LogP) is 4.58. The Balaban J connectivity index is 1.53. The van der Waals surface area contributed by atoms with Gasteiger partial charge in [0.15, 0.2) is 5.76 Å². The Labute approximate surface area is 202 Å². The maximum absolute atomic E-state index is 13.8. The fraction of sp³-hybridized carbons (Fsp3) is 0.222. The number of anilines is 1. The van der Waals surface area contributed by atoms with Crippen molar-refractivity contribution in [1.82, 2.24) is 15.1 Å². The number of furan rings is 1. The number of benzene rings is 2. The third-order valence-electron chi connectivity index (χ3n) is 6.36. The van der Waals surface area contributed by atoms with Crippen molar-refractivity contribution in [3.8, 4) is 11.5 Å². The molecule has 3 heterocycles. The summed E-state index contributed by atoms with van der Waals surface area (Å²) >= 11 is 0. The van der Waals surface area contributed by atoms with Gasteiger partial charge in [-0.2, -0.15) is 5.10 Å². The fourth-order valence-corrected chi connectivity index (χ4v) is 4.43. The number of amides is 2. The molecule has 0 spiro atoms. The first kappa shape index (κ1) is 22.6. The molecule has 0 saturated heterocycles. The highest BCUT2D eigenvalue weighted by Gasteiger charge is 2.49. The van der Waals surface area contributed by atoms with Crippen LogP contribution in [0.5, 0.6) is 0 Å². The van der Waals surface area contributed by atoms with Gasteiger partial charge >= 0.3 is 0 Å². The standard InChI is InChI=1S/C27H25FN4O3/c1-3-18-9-11-21(12-10-18)32-25(33)23-15-22(24-8-5-13-35-24)30-31(23)17-27(32,2)26(34)29-16-19-6-4-7-20(28)14-19/h4-15H,3,16-17H2,1-2H3,(H,29,34)/t27-/m0/s1. The second-order valence-corrected chi connectivity index (χ2v) is 8.80. The molecule has 0 unspecified atom stereocenters. The first-order valence-electron chi connectivity index (χ1n) is 11.5. The van der Waals surface area contributed by atoms with Crippen molar-refractivity contribution in [2.45, 2.75) is 38.9 Å². The van der Waals surface area contributed by atoms with E-state index >= 15 is 0 Å². The molecule has 7 nitrogen and oxygen atoms in total. The van der Waals surface area contributed by atoms with Crippen LogP contribution < -0.4 is 10.2 Å². The van der Waals surface area contributed by atoms with Crippen molar-refractivity contribution in [2.24, 2.45) is 0 Å². The van der Waals surface area contributed by atoms with Crippen LogP contribution in [0.3, 0.4) is 0 Å². The molecule has 178 valence electrons. The van der Waals surface area contributed by atoms with Crippen molar-refractivity contribution in [3.05, 3.63) is 95.6 Å². The molecule has 4 aromatic rings. The van der Waals surface area contributed by atoms with Crippen LogP contribution in [-0.4, -0.2) is 27.1 Å². The van der Waals surface area contributed by atoms with E-state index < -0.39 is 5.54 Å². The third kappa shape index (κ3) is 4.12. The highest BCUT2D eigenvalue weighted by atomic mass is 19.1. The number of rotatable bonds is 6. The van der Waals surface area contributed by atoms with E-state index in [9.17, 15) is 14.0 Å². The van der Waals surface area contributed by atoms with Crippen molar-refractivity contribution >= 4 is 17.5 Å². The second-order valence-electron chi connectivity index (χ2n) is 8.80. The number of hydrogen-bond acceptors (Lipinski definition) is 4. The van der Waals surface area contributed by atoms with Crippen LogP contribution >= 0.6 is 0 Å². The van der Waals surface area contributed by atoms with Crippen LogP contribution in [0.2, 0.25) is 0 Å². The summed E-state index contributed by atoms with van der Waals surface area (Å²) in [5, 5.41) is 7.44. The molecule has 0 radical (unpaired) electrons. The molecule has 1 aliphatic heterocycles. The van der Waals surface area contributed by atoms with Gasteiger partial charge in [0.05, 0.1) is 12.8 Å². The van der Waals surface area contributed by atoms with Gasteiger partial charge in [0.25, 0.3) is 5.91 Å². The minimum Gasteiger partial charge on any atom is -0.463 e. The lowest BCUT2D eigenvalue weighted by Gasteiger charge is -2.43. The summed E-state index contributed by atoms with van der Waals surface area (Å²) in [4.78, 5) is 28.9. The SMILES string of the molecule is CCc1ccc(N2C(=O)c3cc(-c4ccco4)nn3C[C@@]2(C)C(=O)NCc2cccc(F)c2)cc1. The number of nitrogens with zero attached hydrogens (tertiary/aromatic N) is 3. The molecule has 2 aromatic heterocycles. The Kier molecular flexibility index (Phi) is 5.72. The van der Waals surface area contributed by atoms with Gasteiger partial charge in [-0.05, 0) is 60.9 Å². The van der Waals surface area contributed by atoms with Crippen LogP contribution in [0.4, 0.5) is 10.1 Å². The fourth-order valence-electron chi connectivity index (χ4n) is 4.43. The van der Waals surface area contributed by atoms with Gasteiger partial charge in [-0.3, -0.25) is 19.2 Å². The average molecular weight is 473 g/mol. The number of aryl methyl sites for hydroxylation is 1. The van der Waals surface area contributed by atoms with Crippen LogP contribution in [0.15, 0.2) is 77.4 Å². The normalized spacial score (nSPS) is 17.3. The topological polar surface area (TPSA) is 80.4 Å². The number of hydrogen-bond donors (Lipinski definition) is 1. The van der Waals surface area contributed by atoms with Crippen molar-refractivity contribution in [2.75, 3.05) is 4.90 Å². The summed E-state index contributed by atoms with van der Waals surface area (Å²) in [5.41, 5.74) is 1.97. The number of halogens is 1. The minimum absolute atomic E-state index is 0.132. The Hall–Kier alpha value is -4.20. The molecular weight excluding hydrogens is 447 g/mol. The molecule has 1 N–H and O–H groups in total. The van der Waals surface area contributed by atoms with E-state index in [4.69, 9.17) is 4.42 Å². The van der Waals surface area contributed by atoms with Crippen molar-refractivity contribution < 1.29 is 18.4 Å². The van der Waals surface area contributed by atoms with E-state index in [0.717, 1.165) is 12.0 Å². The van der Waals surface area contributed by atoms with Gasteiger partial charge in [0.1, 0.15) is 22.7 Å². The van der Waals surface area contributed by atoms with Crippen LogP contribution in [0.1, 0.15) is 35.5 Å². The molecule has 35 heavy (non-hydrogen) atoms. The zero-order valence-electron chi connectivity index (χ0n) is 19.5. The summed E-state index contributed by atoms with van der Waals surface area (Å²) in [5.74, 6) is -0.541. The van der Waals surface area contributed by atoms with Crippen LogP contribution in [0, 0.1) is 5.82 Å². The molecule has 0 bridgehead atoms. The van der Waals surface area contributed by atoms with Gasteiger partial charge in [0, 0.05) is 18.3 Å². The lowest BCUT2D eigenvalue weighted by molar-refractivity contribution is -0.126. The van der Waals surface area contributed by atoms with Gasteiger partial charge in [-0.1, -0.05) is 31.2 Å². The molecule has 8 heteroatoms. The summed E-state index contributed by atoms with van der Waals surface area (Å²) < 4.78 is 20.6. The Morgan fingerprint density at radius 3 is 2.60 bits per heavy atom. The molecular formula is C27H25FN4O3. The Morgan fingerprint density at radius 1 is 1.11 bits per heavy atom. The highest BCUT2D eigenvalue weighted by molar-refractivity contribution is 6.12. The maximum Gasteiger partial charge on any atom is 0.277 e. The number of carbonyl (C=O) groups excluding carboxylic acids is 2. The quantitative estimate of drug-likeness (QED) is 0.446. The smallest absolute Gasteiger partial charge is 0.277 e. The van der Waals surface area contributed by atoms with Gasteiger partial charge in [0.2, 0.25) is 5.91 Å². The zero-order valence-corrected chi connectivity index (χ0v) is 19.5. The van der Waals surface area contributed by atoms with Gasteiger partial charge in [-0.15, -0.1) is 0 Å². The Morgan fingerprint density at radius 2 is 1.91 bits per heavy atom. The summed E-state index contributed by atoms with van der Waals surface area (Å²) in [6.07, 6.45) is 2.40. The minimum atomic E-state index is -1.28. The number of nitrogens with one attached hydrogen (secondary N) is 1. The van der Waals surface area contributed by atoms with Crippen molar-refractivity contribution in [1.29, 1.82) is 0 Å². The molecule has 5 rings (SSSR count). The zero-order chi connectivity index (χ0) is 24.6. The third-order valence-corrected chi connectivity index (χ3v) is 6.36. The molecule has 1 atom stereocenters. The van der Waals surface area contributed by atoms with E-state index in [1.807, 2.05) is 24.3 Å². The first-order valence-corrected chi connectivity index (χ1v) is 11.5. The number of aromatic nitrogens is 2. The summed E-state index contributed by atoms with van der Waals surface area (Å²) in [6.45, 7) is 4.04. The molecule has 0 fully saturated rings. The lowest BCUT2D eigenvalue weighted by atomic mass is 9.93. The van der Waals surface area contributed by atoms with E-state index in [1.165, 1.54) is 17.0 Å². The van der Waals surface area contributed by atoms with Gasteiger partial charge < -0.3 is 9.73 Å². The van der Waals surface area contributed by atoms with E-state index in [-0.39, 0.29) is 30.7 Å². The molecule has 2 amide bonds. The van der Waals surface area contributed by atoms with Gasteiger partial charge in [-0.25, -0.2) is 4.39 Å². The first-order chi connectivity index (χ1) is 16.9. The second kappa shape index (κ2) is 8.87. The lowest BCUT2D eigenvalue weighted by Crippen LogP contribution is -2.64. The number of fused-ring (bicyclic) bond motifs is 1. The highest BCUT2D eigenvalue weighted by Crippen LogP contribution is 2.34. The molecule has 1 aliphatic rings. The van der Waals surface area contributed by atoms with E-state index in [2.05, 4.69) is 17.3 Å². The monoisotopic (exact) mass is 472 g/mol. The van der Waals surface area contributed by atoms with E-state index in [1.54, 1.807) is 48.2 Å². The molecule has 2 aromatic carbocycles. The maximum atomic E-state index is 13.8. The summed E-state index contributed by atoms with van der Waals surface area (Å²) in [7, 11) is 0.